The molecule has 8 heteroatoms. The van der Waals surface area contributed by atoms with Crippen molar-refractivity contribution in [2.24, 2.45) is 0 Å². The van der Waals surface area contributed by atoms with Gasteiger partial charge in [0, 0.05) is 22.8 Å². The maximum atomic E-state index is 12.9. The van der Waals surface area contributed by atoms with E-state index < -0.39 is 0 Å². The Morgan fingerprint density at radius 2 is 1.90 bits per heavy atom. The number of carbonyl (C=O) groups excluding carboxylic acids is 3. The first kappa shape index (κ1) is 21.6. The number of halogens is 1. The Balaban J connectivity index is 1.68. The maximum absolute atomic E-state index is 12.9. The molecule has 7 nitrogen and oxygen atoms in total. The van der Waals surface area contributed by atoms with E-state index in [4.69, 9.17) is 16.3 Å². The van der Waals surface area contributed by atoms with E-state index in [0.717, 1.165) is 0 Å². The molecule has 2 aromatic rings. The zero-order valence-corrected chi connectivity index (χ0v) is 17.8. The minimum Gasteiger partial charge on any atom is -0.497 e. The van der Waals surface area contributed by atoms with Crippen LogP contribution in [0.15, 0.2) is 48.5 Å². The summed E-state index contributed by atoms with van der Waals surface area (Å²) in [6.07, 6.45) is 0.711. The van der Waals surface area contributed by atoms with Crippen LogP contribution in [0.2, 0.25) is 5.02 Å². The lowest BCUT2D eigenvalue weighted by molar-refractivity contribution is -0.132. The van der Waals surface area contributed by atoms with Crippen LogP contribution in [0.1, 0.15) is 23.7 Å². The van der Waals surface area contributed by atoms with Gasteiger partial charge in [0.2, 0.25) is 11.8 Å². The standard InChI is InChI=1S/C22H24ClN3O4/c1-3-11-24(22(29)16-7-9-19(30-2)10-8-16)13-20(27)25-14-21(28)26(15-25)18-6-4-5-17(23)12-18/h4-10,12H,3,11,13-15H2,1-2H3. The number of rotatable bonds is 7. The molecule has 1 aliphatic heterocycles. The zero-order chi connectivity index (χ0) is 21.7. The van der Waals surface area contributed by atoms with Crippen molar-refractivity contribution in [1.29, 1.82) is 0 Å². The molecule has 0 spiro atoms. The second-order valence-electron chi connectivity index (χ2n) is 6.99. The molecule has 0 aromatic heterocycles. The summed E-state index contributed by atoms with van der Waals surface area (Å²) in [6.45, 7) is 2.40. The van der Waals surface area contributed by atoms with Gasteiger partial charge in [-0.25, -0.2) is 0 Å². The van der Waals surface area contributed by atoms with Crippen LogP contribution in [0, 0.1) is 0 Å². The van der Waals surface area contributed by atoms with Gasteiger partial charge in [0.1, 0.15) is 25.5 Å². The highest BCUT2D eigenvalue weighted by Crippen LogP contribution is 2.23. The molecule has 30 heavy (non-hydrogen) atoms. The fraction of sp³-hybridized carbons (Fsp3) is 0.318. The van der Waals surface area contributed by atoms with Gasteiger partial charge in [-0.15, -0.1) is 0 Å². The molecule has 158 valence electrons. The third-order valence-electron chi connectivity index (χ3n) is 4.86. The van der Waals surface area contributed by atoms with E-state index in [-0.39, 0.29) is 37.5 Å². The van der Waals surface area contributed by atoms with Crippen molar-refractivity contribution in [1.82, 2.24) is 9.80 Å². The van der Waals surface area contributed by atoms with Crippen LogP contribution in [-0.4, -0.2) is 60.9 Å². The predicted molar refractivity (Wildman–Crippen MR) is 115 cm³/mol. The van der Waals surface area contributed by atoms with E-state index in [2.05, 4.69) is 0 Å². The van der Waals surface area contributed by atoms with E-state index in [0.29, 0.717) is 35.0 Å². The summed E-state index contributed by atoms with van der Waals surface area (Å²) in [5.41, 5.74) is 1.12. The summed E-state index contributed by atoms with van der Waals surface area (Å²) in [5.74, 6) is -0.0382. The lowest BCUT2D eigenvalue weighted by Gasteiger charge is -2.25. The maximum Gasteiger partial charge on any atom is 0.254 e. The average molecular weight is 430 g/mol. The smallest absolute Gasteiger partial charge is 0.254 e. The second kappa shape index (κ2) is 9.63. The van der Waals surface area contributed by atoms with Gasteiger partial charge in [0.25, 0.3) is 5.91 Å². The van der Waals surface area contributed by atoms with Crippen molar-refractivity contribution in [3.05, 3.63) is 59.1 Å². The summed E-state index contributed by atoms with van der Waals surface area (Å²) in [7, 11) is 1.56. The first-order chi connectivity index (χ1) is 14.4. The number of hydrogen-bond acceptors (Lipinski definition) is 4. The van der Waals surface area contributed by atoms with E-state index in [1.54, 1.807) is 55.6 Å². The summed E-state index contributed by atoms with van der Waals surface area (Å²) in [6, 6.07) is 13.7. The average Bonchev–Trinajstić information content (AvgIpc) is 3.15. The van der Waals surface area contributed by atoms with Crippen LogP contribution in [0.4, 0.5) is 5.69 Å². The topological polar surface area (TPSA) is 70.2 Å². The van der Waals surface area contributed by atoms with Gasteiger partial charge in [-0.2, -0.15) is 0 Å². The van der Waals surface area contributed by atoms with E-state index in [1.807, 2.05) is 6.92 Å². The molecule has 0 saturated carbocycles. The van der Waals surface area contributed by atoms with Crippen molar-refractivity contribution in [2.75, 3.05) is 38.3 Å². The summed E-state index contributed by atoms with van der Waals surface area (Å²) in [4.78, 5) is 42.7. The quantitative estimate of drug-likeness (QED) is 0.678. The normalized spacial score (nSPS) is 13.5. The van der Waals surface area contributed by atoms with Crippen molar-refractivity contribution >= 4 is 35.0 Å². The monoisotopic (exact) mass is 429 g/mol. The molecule has 0 bridgehead atoms. The van der Waals surface area contributed by atoms with Crippen molar-refractivity contribution in [2.45, 2.75) is 13.3 Å². The van der Waals surface area contributed by atoms with Crippen LogP contribution < -0.4 is 9.64 Å². The van der Waals surface area contributed by atoms with Gasteiger partial charge in [0.15, 0.2) is 0 Å². The molecule has 0 atom stereocenters. The molecule has 0 unspecified atom stereocenters. The Bertz CT molecular complexity index is 932. The molecular formula is C22H24ClN3O4. The van der Waals surface area contributed by atoms with Crippen molar-refractivity contribution < 1.29 is 19.1 Å². The van der Waals surface area contributed by atoms with E-state index in [9.17, 15) is 14.4 Å². The number of carbonyl (C=O) groups is 3. The predicted octanol–water partition coefficient (Wildman–Crippen LogP) is 3.03. The zero-order valence-electron chi connectivity index (χ0n) is 17.0. The first-order valence-corrected chi connectivity index (χ1v) is 10.1. The molecule has 3 amide bonds. The Labute approximate surface area is 180 Å². The molecule has 1 aliphatic rings. The minimum absolute atomic E-state index is 0.0258. The second-order valence-corrected chi connectivity index (χ2v) is 7.43. The van der Waals surface area contributed by atoms with Crippen molar-refractivity contribution in [3.8, 4) is 5.75 Å². The van der Waals surface area contributed by atoms with Crippen LogP contribution in [0.5, 0.6) is 5.75 Å². The highest BCUT2D eigenvalue weighted by atomic mass is 35.5. The number of amides is 3. The summed E-state index contributed by atoms with van der Waals surface area (Å²) < 4.78 is 5.12. The Morgan fingerprint density at radius 3 is 2.53 bits per heavy atom. The SMILES string of the molecule is CCCN(CC(=O)N1CC(=O)N(c2cccc(Cl)c2)C1)C(=O)c1ccc(OC)cc1. The number of nitrogens with zero attached hydrogens (tertiary/aromatic N) is 3. The van der Waals surface area contributed by atoms with Crippen LogP contribution in [0.25, 0.3) is 0 Å². The number of ether oxygens (including phenoxy) is 1. The Kier molecular flexibility index (Phi) is 6.95. The molecule has 3 rings (SSSR count). The molecule has 0 aliphatic carbocycles. The fourth-order valence-corrected chi connectivity index (χ4v) is 3.47. The van der Waals surface area contributed by atoms with E-state index in [1.165, 1.54) is 14.7 Å². The van der Waals surface area contributed by atoms with Gasteiger partial charge in [-0.3, -0.25) is 19.3 Å². The lowest BCUT2D eigenvalue weighted by Crippen LogP contribution is -2.43. The van der Waals surface area contributed by atoms with E-state index >= 15 is 0 Å². The minimum atomic E-state index is -0.275. The van der Waals surface area contributed by atoms with Gasteiger partial charge >= 0.3 is 0 Å². The largest absolute Gasteiger partial charge is 0.497 e. The highest BCUT2D eigenvalue weighted by Gasteiger charge is 2.33. The van der Waals surface area contributed by atoms with Crippen LogP contribution in [0.3, 0.4) is 0 Å². The highest BCUT2D eigenvalue weighted by molar-refractivity contribution is 6.31. The molecule has 2 aromatic carbocycles. The van der Waals surface area contributed by atoms with Gasteiger partial charge in [-0.05, 0) is 48.9 Å². The number of benzene rings is 2. The van der Waals surface area contributed by atoms with Gasteiger partial charge < -0.3 is 14.5 Å². The Morgan fingerprint density at radius 1 is 1.17 bits per heavy atom. The number of methoxy groups -OCH3 is 1. The molecule has 1 fully saturated rings. The fourth-order valence-electron chi connectivity index (χ4n) is 3.29. The molecular weight excluding hydrogens is 406 g/mol. The summed E-state index contributed by atoms with van der Waals surface area (Å²) >= 11 is 6.02. The molecule has 1 heterocycles. The van der Waals surface area contributed by atoms with Gasteiger partial charge in [0.05, 0.1) is 7.11 Å². The number of hydrogen-bond donors (Lipinski definition) is 0. The first-order valence-electron chi connectivity index (χ1n) is 9.70. The van der Waals surface area contributed by atoms with Crippen molar-refractivity contribution in [3.63, 3.8) is 0 Å². The molecule has 0 N–H and O–H groups in total. The third kappa shape index (κ3) is 4.91. The summed E-state index contributed by atoms with van der Waals surface area (Å²) in [5, 5.41) is 0.518. The third-order valence-corrected chi connectivity index (χ3v) is 5.09. The molecule has 0 radical (unpaired) electrons. The molecule has 1 saturated heterocycles. The van der Waals surface area contributed by atoms with Crippen LogP contribution >= 0.6 is 11.6 Å². The lowest BCUT2D eigenvalue weighted by atomic mass is 10.2. The van der Waals surface area contributed by atoms with Crippen LogP contribution in [-0.2, 0) is 9.59 Å². The van der Waals surface area contributed by atoms with Gasteiger partial charge in [-0.1, -0.05) is 24.6 Å². The Hall–Kier alpha value is -3.06. The number of anilines is 1.